The number of hydrogen-bond donors (Lipinski definition) is 2. The van der Waals surface area contributed by atoms with Gasteiger partial charge < -0.3 is 20.5 Å². The van der Waals surface area contributed by atoms with E-state index in [-0.39, 0.29) is 42.4 Å². The Bertz CT molecular complexity index is 285. The second-order valence-electron chi connectivity index (χ2n) is 5.50. The normalized spacial score (nSPS) is 31.8. The number of amides is 1. The summed E-state index contributed by atoms with van der Waals surface area (Å²) in [5.74, 6) is 0.221. The Kier molecular flexibility index (Phi) is 7.07. The number of nitrogens with one attached hydrogen (secondary N) is 1. The molecule has 1 aliphatic heterocycles. The number of nitrogens with two attached hydrogens (primary N) is 1. The second kappa shape index (κ2) is 8.04. The van der Waals surface area contributed by atoms with Gasteiger partial charge in [-0.3, -0.25) is 4.79 Å². The van der Waals surface area contributed by atoms with Gasteiger partial charge in [0.2, 0.25) is 5.91 Å². The number of carbonyl (C=O) groups excluding carboxylic acids is 1. The van der Waals surface area contributed by atoms with Crippen LogP contribution in [0, 0.1) is 5.92 Å². The third kappa shape index (κ3) is 5.26. The minimum absolute atomic E-state index is 0. The van der Waals surface area contributed by atoms with Crippen molar-refractivity contribution in [3.05, 3.63) is 0 Å². The van der Waals surface area contributed by atoms with E-state index in [0.29, 0.717) is 13.2 Å². The first-order valence-electron chi connectivity index (χ1n) is 6.90. The maximum atomic E-state index is 12.0. The molecule has 1 aliphatic carbocycles. The lowest BCUT2D eigenvalue weighted by atomic mass is 10.1. The van der Waals surface area contributed by atoms with Crippen molar-refractivity contribution in [2.75, 3.05) is 19.8 Å². The number of carbonyl (C=O) groups is 1. The molecule has 0 aromatic rings. The van der Waals surface area contributed by atoms with Crippen molar-refractivity contribution in [3.8, 4) is 0 Å². The van der Waals surface area contributed by atoms with E-state index < -0.39 is 0 Å². The van der Waals surface area contributed by atoms with Crippen LogP contribution in [0.15, 0.2) is 0 Å². The second-order valence-corrected chi connectivity index (χ2v) is 5.50. The molecule has 1 saturated heterocycles. The molecule has 2 aliphatic rings. The molecule has 4 atom stereocenters. The number of ether oxygens (including phenoxy) is 2. The van der Waals surface area contributed by atoms with Crippen LogP contribution in [0.2, 0.25) is 0 Å². The lowest BCUT2D eigenvalue weighted by Crippen LogP contribution is -2.40. The van der Waals surface area contributed by atoms with Gasteiger partial charge in [0.15, 0.2) is 0 Å². The van der Waals surface area contributed by atoms with E-state index in [9.17, 15) is 4.79 Å². The smallest absolute Gasteiger partial charge is 0.223 e. The third-order valence-electron chi connectivity index (χ3n) is 3.70. The highest BCUT2D eigenvalue weighted by atomic mass is 35.5. The van der Waals surface area contributed by atoms with Gasteiger partial charge in [0.25, 0.3) is 0 Å². The minimum atomic E-state index is 0. The van der Waals surface area contributed by atoms with Crippen LogP contribution in [-0.4, -0.2) is 43.9 Å². The Balaban J connectivity index is 0.00000180. The molecule has 1 heterocycles. The van der Waals surface area contributed by atoms with Gasteiger partial charge in [-0.05, 0) is 32.6 Å². The molecule has 0 radical (unpaired) electrons. The van der Waals surface area contributed by atoms with E-state index in [1.54, 1.807) is 0 Å². The summed E-state index contributed by atoms with van der Waals surface area (Å²) in [7, 11) is 0. The van der Waals surface area contributed by atoms with Crippen LogP contribution >= 0.6 is 12.4 Å². The van der Waals surface area contributed by atoms with Crippen LogP contribution in [-0.2, 0) is 14.3 Å². The molecule has 5 nitrogen and oxygen atoms in total. The molecule has 0 aromatic heterocycles. The van der Waals surface area contributed by atoms with E-state index in [1.165, 1.54) is 0 Å². The maximum absolute atomic E-state index is 12.0. The van der Waals surface area contributed by atoms with Crippen LogP contribution in [0.5, 0.6) is 0 Å². The van der Waals surface area contributed by atoms with Crippen molar-refractivity contribution < 1.29 is 14.3 Å². The Hall–Kier alpha value is -0.360. The molecule has 2 fully saturated rings. The molecule has 1 amide bonds. The van der Waals surface area contributed by atoms with Crippen LogP contribution in [0.1, 0.15) is 32.6 Å². The highest BCUT2D eigenvalue weighted by molar-refractivity contribution is 5.85. The first kappa shape index (κ1) is 16.7. The first-order valence-corrected chi connectivity index (χ1v) is 6.90. The fourth-order valence-electron chi connectivity index (χ4n) is 2.58. The fourth-order valence-corrected chi connectivity index (χ4v) is 2.58. The molecule has 19 heavy (non-hydrogen) atoms. The summed E-state index contributed by atoms with van der Waals surface area (Å²) >= 11 is 0. The Morgan fingerprint density at radius 2 is 2.26 bits per heavy atom. The molecule has 112 valence electrons. The van der Waals surface area contributed by atoms with Crippen molar-refractivity contribution in [3.63, 3.8) is 0 Å². The van der Waals surface area contributed by atoms with Crippen molar-refractivity contribution in [1.82, 2.24) is 5.32 Å². The summed E-state index contributed by atoms with van der Waals surface area (Å²) in [4.78, 5) is 12.0. The highest BCUT2D eigenvalue weighted by Crippen LogP contribution is 2.24. The molecule has 1 saturated carbocycles. The van der Waals surface area contributed by atoms with Crippen molar-refractivity contribution in [2.24, 2.45) is 11.7 Å². The first-order chi connectivity index (χ1) is 8.65. The zero-order valence-electron chi connectivity index (χ0n) is 11.5. The number of hydrogen-bond acceptors (Lipinski definition) is 4. The summed E-state index contributed by atoms with van der Waals surface area (Å²) in [5, 5.41) is 3.01. The molecule has 4 unspecified atom stereocenters. The Morgan fingerprint density at radius 3 is 2.84 bits per heavy atom. The molecule has 0 aromatic carbocycles. The van der Waals surface area contributed by atoms with Gasteiger partial charge in [-0.1, -0.05) is 0 Å². The van der Waals surface area contributed by atoms with Gasteiger partial charge in [0, 0.05) is 24.6 Å². The minimum Gasteiger partial charge on any atom is -0.379 e. The monoisotopic (exact) mass is 292 g/mol. The summed E-state index contributed by atoms with van der Waals surface area (Å²) in [6.45, 7) is 3.99. The number of rotatable bonds is 5. The van der Waals surface area contributed by atoms with Gasteiger partial charge >= 0.3 is 0 Å². The molecule has 0 spiro atoms. The van der Waals surface area contributed by atoms with Gasteiger partial charge in [0.1, 0.15) is 0 Å². The van der Waals surface area contributed by atoms with Crippen molar-refractivity contribution in [1.29, 1.82) is 0 Å². The zero-order chi connectivity index (χ0) is 13.0. The van der Waals surface area contributed by atoms with Crippen molar-refractivity contribution >= 4 is 18.3 Å². The molecular formula is C13H25ClN2O3. The SMILES string of the molecule is CC(COC1CCOC1)NC(=O)C1CCC(N)C1.Cl. The lowest BCUT2D eigenvalue weighted by Gasteiger charge is -2.19. The molecular weight excluding hydrogens is 268 g/mol. The predicted molar refractivity (Wildman–Crippen MR) is 75.3 cm³/mol. The van der Waals surface area contributed by atoms with Gasteiger partial charge in [-0.15, -0.1) is 12.4 Å². The fraction of sp³-hybridized carbons (Fsp3) is 0.923. The quantitative estimate of drug-likeness (QED) is 0.788. The highest BCUT2D eigenvalue weighted by Gasteiger charge is 2.28. The molecule has 2 rings (SSSR count). The predicted octanol–water partition coefficient (Wildman–Crippen LogP) is 0.846. The van der Waals surface area contributed by atoms with E-state index in [2.05, 4.69) is 5.32 Å². The molecule has 3 N–H and O–H groups in total. The lowest BCUT2D eigenvalue weighted by molar-refractivity contribution is -0.126. The van der Waals surface area contributed by atoms with Crippen LogP contribution < -0.4 is 11.1 Å². The largest absolute Gasteiger partial charge is 0.379 e. The average molecular weight is 293 g/mol. The maximum Gasteiger partial charge on any atom is 0.223 e. The van der Waals surface area contributed by atoms with Crippen LogP contribution in [0.25, 0.3) is 0 Å². The van der Waals surface area contributed by atoms with Gasteiger partial charge in [-0.2, -0.15) is 0 Å². The van der Waals surface area contributed by atoms with E-state index in [4.69, 9.17) is 15.2 Å². The van der Waals surface area contributed by atoms with Crippen molar-refractivity contribution in [2.45, 2.75) is 50.8 Å². The summed E-state index contributed by atoms with van der Waals surface area (Å²) in [6, 6.07) is 0.248. The van der Waals surface area contributed by atoms with Crippen LogP contribution in [0.4, 0.5) is 0 Å². The molecule has 6 heteroatoms. The van der Waals surface area contributed by atoms with E-state index >= 15 is 0 Å². The third-order valence-corrected chi connectivity index (χ3v) is 3.70. The van der Waals surface area contributed by atoms with E-state index in [1.807, 2.05) is 6.92 Å². The zero-order valence-corrected chi connectivity index (χ0v) is 12.3. The average Bonchev–Trinajstić information content (AvgIpc) is 2.97. The number of halogens is 1. The Labute approximate surface area is 121 Å². The van der Waals surface area contributed by atoms with Crippen LogP contribution in [0.3, 0.4) is 0 Å². The van der Waals surface area contributed by atoms with Gasteiger partial charge in [-0.25, -0.2) is 0 Å². The summed E-state index contributed by atoms with van der Waals surface area (Å²) in [5.41, 5.74) is 5.82. The Morgan fingerprint density at radius 1 is 1.47 bits per heavy atom. The topological polar surface area (TPSA) is 73.6 Å². The van der Waals surface area contributed by atoms with Gasteiger partial charge in [0.05, 0.1) is 19.3 Å². The molecule has 0 bridgehead atoms. The standard InChI is InChI=1S/C13H24N2O3.ClH/c1-9(7-18-12-4-5-17-8-12)15-13(16)10-2-3-11(14)6-10;/h9-12H,2-8,14H2,1H3,(H,15,16);1H. The summed E-state index contributed by atoms with van der Waals surface area (Å²) < 4.78 is 10.9. The van der Waals surface area contributed by atoms with E-state index in [0.717, 1.165) is 32.3 Å². The summed E-state index contributed by atoms with van der Waals surface area (Å²) in [6.07, 6.45) is 3.84.